The molecule has 8 nitrogen and oxygen atoms in total. The van der Waals surface area contributed by atoms with Crippen molar-refractivity contribution in [3.8, 4) is 0 Å². The number of rotatable bonds is 5. The first-order valence-corrected chi connectivity index (χ1v) is 7.09. The van der Waals surface area contributed by atoms with Crippen LogP contribution in [0.4, 0.5) is 10.5 Å². The maximum absolute atomic E-state index is 11.5. The first-order valence-electron chi connectivity index (χ1n) is 7.09. The number of benzene rings is 1. The van der Waals surface area contributed by atoms with Gasteiger partial charge in [0.05, 0.1) is 4.92 Å². The Labute approximate surface area is 134 Å². The fraction of sp³-hybridized carbons (Fsp3) is 0.533. The highest BCUT2D eigenvalue weighted by Crippen LogP contribution is 2.25. The molecule has 8 heteroatoms. The molecule has 128 valence electrons. The first-order chi connectivity index (χ1) is 10.5. The van der Waals surface area contributed by atoms with Crippen molar-refractivity contribution in [3.05, 3.63) is 39.4 Å². The molecule has 0 bridgehead atoms. The molecule has 1 amide bonds. The van der Waals surface area contributed by atoms with E-state index in [2.05, 4.69) is 5.32 Å². The van der Waals surface area contributed by atoms with Gasteiger partial charge in [0.15, 0.2) is 0 Å². The predicted octanol–water partition coefficient (Wildman–Crippen LogP) is 1.82. The van der Waals surface area contributed by atoms with E-state index < -0.39 is 28.8 Å². The average Bonchev–Trinajstić information content (AvgIpc) is 2.42. The highest BCUT2D eigenvalue weighted by atomic mass is 16.6. The molecule has 0 aliphatic carbocycles. The van der Waals surface area contributed by atoms with Crippen LogP contribution in [0.3, 0.4) is 0 Å². The molecule has 23 heavy (non-hydrogen) atoms. The smallest absolute Gasteiger partial charge is 0.407 e. The largest absolute Gasteiger partial charge is 0.444 e. The summed E-state index contributed by atoms with van der Waals surface area (Å²) < 4.78 is 5.02. The summed E-state index contributed by atoms with van der Waals surface area (Å²) in [6, 6.07) is 4.01. The molecule has 0 aliphatic rings. The molecule has 3 N–H and O–H groups in total. The molecule has 2 unspecified atom stereocenters. The summed E-state index contributed by atoms with van der Waals surface area (Å²) in [5.74, 6) is 0. The number of carbonyl (C=O) groups excluding carboxylic acids is 1. The van der Waals surface area contributed by atoms with Crippen LogP contribution in [0.2, 0.25) is 0 Å². The van der Waals surface area contributed by atoms with E-state index in [1.54, 1.807) is 27.7 Å². The highest BCUT2D eigenvalue weighted by Gasteiger charge is 2.24. The summed E-state index contributed by atoms with van der Waals surface area (Å²) in [5.41, 5.74) is -0.0290. The molecule has 1 aromatic carbocycles. The fourth-order valence-electron chi connectivity index (χ4n) is 1.88. The third-order valence-corrected chi connectivity index (χ3v) is 3.01. The Morgan fingerprint density at radius 3 is 2.52 bits per heavy atom. The SMILES string of the molecule is Cc1ccc([N+](=O)[O-])cc1C(O)C(O)CNC(=O)OC(C)(C)C. The molecule has 1 aromatic rings. The quantitative estimate of drug-likeness (QED) is 0.560. The molecule has 0 aliphatic heterocycles. The van der Waals surface area contributed by atoms with Crippen LogP contribution in [0.15, 0.2) is 18.2 Å². The maximum atomic E-state index is 11.5. The minimum atomic E-state index is -1.37. The maximum Gasteiger partial charge on any atom is 0.407 e. The zero-order chi connectivity index (χ0) is 17.8. The van der Waals surface area contributed by atoms with E-state index in [0.717, 1.165) is 0 Å². The number of non-ortho nitro benzene ring substituents is 1. The lowest BCUT2D eigenvalue weighted by molar-refractivity contribution is -0.385. The molecule has 2 atom stereocenters. The number of amides is 1. The summed E-state index contributed by atoms with van der Waals surface area (Å²) in [5, 5.41) is 33.3. The van der Waals surface area contributed by atoms with Crippen molar-refractivity contribution in [2.45, 2.75) is 45.5 Å². The number of nitrogens with one attached hydrogen (secondary N) is 1. The van der Waals surface area contributed by atoms with Gasteiger partial charge in [-0.25, -0.2) is 4.79 Å². The van der Waals surface area contributed by atoms with E-state index in [0.29, 0.717) is 5.56 Å². The Morgan fingerprint density at radius 1 is 1.39 bits per heavy atom. The van der Waals surface area contributed by atoms with E-state index >= 15 is 0 Å². The minimum absolute atomic E-state index is 0.183. The third kappa shape index (κ3) is 5.84. The van der Waals surface area contributed by atoms with Gasteiger partial charge in [-0.15, -0.1) is 0 Å². The number of aryl methyl sites for hydroxylation is 1. The number of nitrogens with zero attached hydrogens (tertiary/aromatic N) is 1. The Kier molecular flexibility index (Phi) is 6.05. The van der Waals surface area contributed by atoms with Crippen LogP contribution < -0.4 is 5.32 Å². The van der Waals surface area contributed by atoms with Crippen molar-refractivity contribution < 1.29 is 24.7 Å². The minimum Gasteiger partial charge on any atom is -0.444 e. The Morgan fingerprint density at radius 2 is 2.00 bits per heavy atom. The number of hydrogen-bond acceptors (Lipinski definition) is 6. The van der Waals surface area contributed by atoms with Gasteiger partial charge >= 0.3 is 6.09 Å². The second kappa shape index (κ2) is 7.38. The van der Waals surface area contributed by atoms with E-state index in [9.17, 15) is 25.1 Å². The number of nitro groups is 1. The van der Waals surface area contributed by atoms with Gasteiger partial charge in [0.2, 0.25) is 0 Å². The normalized spacial score (nSPS) is 14.0. The van der Waals surface area contributed by atoms with Gasteiger partial charge in [-0.1, -0.05) is 6.07 Å². The molecule has 0 saturated heterocycles. The van der Waals surface area contributed by atoms with Gasteiger partial charge in [-0.2, -0.15) is 0 Å². The zero-order valence-electron chi connectivity index (χ0n) is 13.6. The van der Waals surface area contributed by atoms with Crippen molar-refractivity contribution in [3.63, 3.8) is 0 Å². The van der Waals surface area contributed by atoms with E-state index in [-0.39, 0.29) is 17.8 Å². The standard InChI is InChI=1S/C15H22N2O6/c1-9-5-6-10(17(21)22)7-11(9)13(19)12(18)8-16-14(20)23-15(2,3)4/h5-7,12-13,18-19H,8H2,1-4H3,(H,16,20). The number of aliphatic hydroxyl groups is 2. The molecule has 0 heterocycles. The predicted molar refractivity (Wildman–Crippen MR) is 83.0 cm³/mol. The monoisotopic (exact) mass is 326 g/mol. The summed E-state index contributed by atoms with van der Waals surface area (Å²) >= 11 is 0. The zero-order valence-corrected chi connectivity index (χ0v) is 13.6. The van der Waals surface area contributed by atoms with E-state index in [1.165, 1.54) is 18.2 Å². The molecule has 0 saturated carbocycles. The summed E-state index contributed by atoms with van der Waals surface area (Å²) in [6.45, 7) is 6.51. The number of aliphatic hydroxyl groups excluding tert-OH is 2. The molecule has 0 fully saturated rings. The molecular formula is C15H22N2O6. The Balaban J connectivity index is 2.73. The van der Waals surface area contributed by atoms with Gasteiger partial charge in [0.25, 0.3) is 5.69 Å². The number of hydrogen-bond donors (Lipinski definition) is 3. The van der Waals surface area contributed by atoms with Gasteiger partial charge in [0, 0.05) is 18.7 Å². The number of alkyl carbamates (subject to hydrolysis) is 1. The molecule has 1 rings (SSSR count). The van der Waals surface area contributed by atoms with Gasteiger partial charge in [0.1, 0.15) is 17.8 Å². The van der Waals surface area contributed by atoms with Crippen LogP contribution in [-0.2, 0) is 4.74 Å². The van der Waals surface area contributed by atoms with Crippen LogP contribution in [0.25, 0.3) is 0 Å². The highest BCUT2D eigenvalue weighted by molar-refractivity contribution is 5.67. The Bertz CT molecular complexity index is 582. The average molecular weight is 326 g/mol. The lowest BCUT2D eigenvalue weighted by Gasteiger charge is -2.22. The summed E-state index contributed by atoms with van der Waals surface area (Å²) in [7, 11) is 0. The third-order valence-electron chi connectivity index (χ3n) is 3.01. The van der Waals surface area contributed by atoms with E-state index in [1.807, 2.05) is 0 Å². The number of nitro benzene ring substituents is 1. The van der Waals surface area contributed by atoms with Crippen molar-refractivity contribution >= 4 is 11.8 Å². The van der Waals surface area contributed by atoms with Crippen molar-refractivity contribution in [2.75, 3.05) is 6.54 Å². The van der Waals surface area contributed by atoms with Crippen LogP contribution in [0.5, 0.6) is 0 Å². The van der Waals surface area contributed by atoms with Gasteiger partial charge in [-0.3, -0.25) is 10.1 Å². The van der Waals surface area contributed by atoms with Crippen LogP contribution in [0, 0.1) is 17.0 Å². The lowest BCUT2D eigenvalue weighted by Crippen LogP contribution is -2.39. The number of carbonyl (C=O) groups is 1. The second-order valence-electron chi connectivity index (χ2n) is 6.19. The first kappa shape index (κ1) is 18.9. The fourth-order valence-corrected chi connectivity index (χ4v) is 1.88. The van der Waals surface area contributed by atoms with Crippen molar-refractivity contribution in [1.82, 2.24) is 5.32 Å². The van der Waals surface area contributed by atoms with Gasteiger partial charge in [-0.05, 0) is 38.8 Å². The Hall–Kier alpha value is -2.19. The van der Waals surface area contributed by atoms with Crippen LogP contribution in [-0.4, -0.2) is 39.5 Å². The molecule has 0 radical (unpaired) electrons. The molecule has 0 aromatic heterocycles. The molecule has 0 spiro atoms. The van der Waals surface area contributed by atoms with Crippen molar-refractivity contribution in [1.29, 1.82) is 0 Å². The summed E-state index contributed by atoms with van der Waals surface area (Å²) in [6.07, 6.45) is -3.42. The number of ether oxygens (including phenoxy) is 1. The topological polar surface area (TPSA) is 122 Å². The van der Waals surface area contributed by atoms with Crippen LogP contribution in [0.1, 0.15) is 38.0 Å². The molecular weight excluding hydrogens is 304 g/mol. The second-order valence-corrected chi connectivity index (χ2v) is 6.19. The van der Waals surface area contributed by atoms with Gasteiger partial charge < -0.3 is 20.3 Å². The lowest BCUT2D eigenvalue weighted by atomic mass is 9.98. The van der Waals surface area contributed by atoms with E-state index in [4.69, 9.17) is 4.74 Å². The summed E-state index contributed by atoms with van der Waals surface area (Å²) in [4.78, 5) is 21.7. The van der Waals surface area contributed by atoms with Crippen molar-refractivity contribution in [2.24, 2.45) is 0 Å². The van der Waals surface area contributed by atoms with Crippen LogP contribution >= 0.6 is 0 Å².